The second-order valence-electron chi connectivity index (χ2n) is 6.05. The van der Waals surface area contributed by atoms with Gasteiger partial charge >= 0.3 is 5.97 Å². The first-order valence-electron chi connectivity index (χ1n) is 8.65. The minimum absolute atomic E-state index is 0.201. The largest absolute Gasteiger partial charge is 0.493 e. The number of carbonyl (C=O) groups is 2. The van der Waals surface area contributed by atoms with Crippen molar-refractivity contribution >= 4 is 29.2 Å². The number of carboxylic acids is 1. The number of amides is 1. The molecule has 1 amide bonds. The van der Waals surface area contributed by atoms with Crippen LogP contribution in [0.1, 0.15) is 12.0 Å². The number of ether oxygens (including phenoxy) is 2. The van der Waals surface area contributed by atoms with Gasteiger partial charge in [-0.05, 0) is 48.9 Å². The summed E-state index contributed by atoms with van der Waals surface area (Å²) in [6, 6.07) is 11.2. The molecular formula is C20H23ClN2O5. The van der Waals surface area contributed by atoms with Crippen LogP contribution in [0.4, 0.5) is 5.69 Å². The third-order valence-corrected chi connectivity index (χ3v) is 4.28. The Kier molecular flexibility index (Phi) is 8.10. The number of carboxylic acid groups (broad SMARTS) is 1. The van der Waals surface area contributed by atoms with E-state index in [9.17, 15) is 14.7 Å². The SMILES string of the molecule is COc1ccc(CCN[C@H](CC(=O)Nc2cccc(Cl)c2)C(=O)O)cc1OC. The number of nitrogens with one attached hydrogen (secondary N) is 2. The van der Waals surface area contributed by atoms with Gasteiger partial charge in [-0.1, -0.05) is 23.7 Å². The van der Waals surface area contributed by atoms with Crippen LogP contribution in [0.5, 0.6) is 11.5 Å². The van der Waals surface area contributed by atoms with Gasteiger partial charge in [0.05, 0.1) is 20.6 Å². The molecule has 0 saturated carbocycles. The molecule has 0 aromatic heterocycles. The fraction of sp³-hybridized carbons (Fsp3) is 0.300. The Hall–Kier alpha value is -2.77. The minimum Gasteiger partial charge on any atom is -0.493 e. The summed E-state index contributed by atoms with van der Waals surface area (Å²) < 4.78 is 10.5. The number of benzene rings is 2. The maximum atomic E-state index is 12.1. The molecule has 2 rings (SSSR count). The Morgan fingerprint density at radius 3 is 2.50 bits per heavy atom. The highest BCUT2D eigenvalue weighted by molar-refractivity contribution is 6.30. The highest BCUT2D eigenvalue weighted by atomic mass is 35.5. The highest BCUT2D eigenvalue weighted by Gasteiger charge is 2.20. The molecule has 8 heteroatoms. The fourth-order valence-corrected chi connectivity index (χ4v) is 2.83. The maximum absolute atomic E-state index is 12.1. The van der Waals surface area contributed by atoms with Crippen LogP contribution in [0.25, 0.3) is 0 Å². The molecular weight excluding hydrogens is 384 g/mol. The number of halogens is 1. The normalized spacial score (nSPS) is 11.5. The van der Waals surface area contributed by atoms with E-state index < -0.39 is 17.9 Å². The molecule has 0 spiro atoms. The Morgan fingerprint density at radius 1 is 1.11 bits per heavy atom. The van der Waals surface area contributed by atoms with Crippen molar-refractivity contribution in [1.29, 1.82) is 0 Å². The zero-order valence-electron chi connectivity index (χ0n) is 15.7. The third-order valence-electron chi connectivity index (χ3n) is 4.05. The predicted octanol–water partition coefficient (Wildman–Crippen LogP) is 2.97. The zero-order valence-corrected chi connectivity index (χ0v) is 16.5. The summed E-state index contributed by atoms with van der Waals surface area (Å²) >= 11 is 5.88. The van der Waals surface area contributed by atoms with Gasteiger partial charge in [0.25, 0.3) is 0 Å². The van der Waals surface area contributed by atoms with Gasteiger partial charge in [-0.25, -0.2) is 0 Å². The van der Waals surface area contributed by atoms with Gasteiger partial charge in [-0.3, -0.25) is 9.59 Å². The van der Waals surface area contributed by atoms with Crippen LogP contribution in [-0.2, 0) is 16.0 Å². The third kappa shape index (κ3) is 6.44. The number of methoxy groups -OCH3 is 2. The van der Waals surface area contributed by atoms with E-state index in [1.165, 1.54) is 0 Å². The first-order chi connectivity index (χ1) is 13.4. The molecule has 2 aromatic rings. The minimum atomic E-state index is -1.09. The molecule has 7 nitrogen and oxygen atoms in total. The topological polar surface area (TPSA) is 96.9 Å². The number of aliphatic carboxylic acids is 1. The van der Waals surface area contributed by atoms with E-state index in [2.05, 4.69) is 10.6 Å². The van der Waals surface area contributed by atoms with E-state index in [-0.39, 0.29) is 6.42 Å². The molecule has 3 N–H and O–H groups in total. The Morgan fingerprint density at radius 2 is 1.86 bits per heavy atom. The van der Waals surface area contributed by atoms with Crippen LogP contribution in [0, 0.1) is 0 Å². The van der Waals surface area contributed by atoms with Gasteiger partial charge in [-0.2, -0.15) is 0 Å². The molecule has 0 saturated heterocycles. The van der Waals surface area contributed by atoms with Crippen molar-refractivity contribution in [3.8, 4) is 11.5 Å². The highest BCUT2D eigenvalue weighted by Crippen LogP contribution is 2.27. The van der Waals surface area contributed by atoms with Crippen molar-refractivity contribution in [3.63, 3.8) is 0 Å². The lowest BCUT2D eigenvalue weighted by atomic mass is 10.1. The first-order valence-corrected chi connectivity index (χ1v) is 9.03. The van der Waals surface area contributed by atoms with Crippen molar-refractivity contribution in [1.82, 2.24) is 5.32 Å². The predicted molar refractivity (Wildman–Crippen MR) is 107 cm³/mol. The van der Waals surface area contributed by atoms with Crippen molar-refractivity contribution in [2.45, 2.75) is 18.9 Å². The van der Waals surface area contributed by atoms with E-state index in [0.29, 0.717) is 35.2 Å². The van der Waals surface area contributed by atoms with Gasteiger partial charge < -0.3 is 25.2 Å². The van der Waals surface area contributed by atoms with Crippen molar-refractivity contribution in [3.05, 3.63) is 53.1 Å². The van der Waals surface area contributed by atoms with E-state index in [1.807, 2.05) is 12.1 Å². The average Bonchev–Trinajstić information content (AvgIpc) is 2.66. The van der Waals surface area contributed by atoms with Crippen LogP contribution < -0.4 is 20.1 Å². The van der Waals surface area contributed by atoms with Gasteiger partial charge in [0.2, 0.25) is 5.91 Å². The summed E-state index contributed by atoms with van der Waals surface area (Å²) in [6.07, 6.45) is 0.369. The lowest BCUT2D eigenvalue weighted by molar-refractivity contribution is -0.141. The summed E-state index contributed by atoms with van der Waals surface area (Å²) in [5, 5.41) is 15.4. The van der Waals surface area contributed by atoms with Crippen LogP contribution in [0.2, 0.25) is 5.02 Å². The number of anilines is 1. The smallest absolute Gasteiger partial charge is 0.321 e. The fourth-order valence-electron chi connectivity index (χ4n) is 2.64. The standard InChI is InChI=1S/C20H23ClN2O5/c1-27-17-7-6-13(10-18(17)28-2)8-9-22-16(20(25)26)12-19(24)23-15-5-3-4-14(21)11-15/h3-7,10-11,16,22H,8-9,12H2,1-2H3,(H,23,24)(H,25,26)/t16-/m1/s1. The molecule has 28 heavy (non-hydrogen) atoms. The van der Waals surface area contributed by atoms with Gasteiger partial charge in [0.1, 0.15) is 6.04 Å². The molecule has 0 aliphatic carbocycles. The summed E-state index contributed by atoms with van der Waals surface area (Å²) in [5.41, 5.74) is 1.48. The van der Waals surface area contributed by atoms with Crippen molar-refractivity contribution in [2.24, 2.45) is 0 Å². The second-order valence-corrected chi connectivity index (χ2v) is 6.48. The van der Waals surface area contributed by atoms with Gasteiger partial charge in [0, 0.05) is 10.7 Å². The van der Waals surface area contributed by atoms with Crippen molar-refractivity contribution < 1.29 is 24.2 Å². The Balaban J connectivity index is 1.89. The molecule has 0 bridgehead atoms. The van der Waals surface area contributed by atoms with Gasteiger partial charge in [-0.15, -0.1) is 0 Å². The number of hydrogen-bond acceptors (Lipinski definition) is 5. The molecule has 0 radical (unpaired) electrons. The van der Waals surface area contributed by atoms with Gasteiger partial charge in [0.15, 0.2) is 11.5 Å². The lowest BCUT2D eigenvalue weighted by Gasteiger charge is -2.15. The quantitative estimate of drug-likeness (QED) is 0.561. The monoisotopic (exact) mass is 406 g/mol. The average molecular weight is 407 g/mol. The summed E-state index contributed by atoms with van der Waals surface area (Å²) in [6.45, 7) is 0.386. The van der Waals surface area contributed by atoms with E-state index in [0.717, 1.165) is 5.56 Å². The second kappa shape index (κ2) is 10.5. The molecule has 0 fully saturated rings. The zero-order chi connectivity index (χ0) is 20.5. The van der Waals surface area contributed by atoms with E-state index >= 15 is 0 Å². The Bertz CT molecular complexity index is 828. The number of hydrogen-bond donors (Lipinski definition) is 3. The van der Waals surface area contributed by atoms with Crippen LogP contribution >= 0.6 is 11.6 Å². The molecule has 0 heterocycles. The summed E-state index contributed by atoms with van der Waals surface area (Å²) in [7, 11) is 3.11. The lowest BCUT2D eigenvalue weighted by Crippen LogP contribution is -2.40. The summed E-state index contributed by atoms with van der Waals surface area (Å²) in [5.74, 6) is -0.266. The maximum Gasteiger partial charge on any atom is 0.321 e. The number of carbonyl (C=O) groups excluding carboxylic acids is 1. The molecule has 1 atom stereocenters. The molecule has 0 aliphatic heterocycles. The van der Waals surface area contributed by atoms with E-state index in [4.69, 9.17) is 21.1 Å². The van der Waals surface area contributed by atoms with Crippen molar-refractivity contribution in [2.75, 3.05) is 26.1 Å². The van der Waals surface area contributed by atoms with Crippen LogP contribution in [-0.4, -0.2) is 43.8 Å². The Labute approximate surface area is 168 Å². The first kappa shape index (κ1) is 21.5. The molecule has 0 aliphatic rings. The number of rotatable bonds is 10. The summed E-state index contributed by atoms with van der Waals surface area (Å²) in [4.78, 5) is 23.6. The molecule has 150 valence electrons. The van der Waals surface area contributed by atoms with Crippen LogP contribution in [0.15, 0.2) is 42.5 Å². The molecule has 2 aromatic carbocycles. The molecule has 0 unspecified atom stereocenters. The van der Waals surface area contributed by atoms with E-state index in [1.54, 1.807) is 44.6 Å². The van der Waals surface area contributed by atoms with Crippen LogP contribution in [0.3, 0.4) is 0 Å².